The number of rotatable bonds is 6. The number of carbonyl (C=O) groups is 1. The van der Waals surface area contributed by atoms with Crippen molar-refractivity contribution in [2.75, 3.05) is 7.11 Å². The summed E-state index contributed by atoms with van der Waals surface area (Å²) in [7, 11) is 1.65. The zero-order chi connectivity index (χ0) is 14.4. The molecule has 0 saturated carbocycles. The van der Waals surface area contributed by atoms with Gasteiger partial charge in [-0.05, 0) is 35.4 Å². The van der Waals surface area contributed by atoms with Gasteiger partial charge in [0.2, 0.25) is 0 Å². The fraction of sp³-hybridized carbons (Fsp3) is 0.188. The number of aromatic carboxylic acids is 1. The maximum absolute atomic E-state index is 10.7. The lowest BCUT2D eigenvalue weighted by Crippen LogP contribution is -2.12. The van der Waals surface area contributed by atoms with Crippen molar-refractivity contribution in [3.05, 3.63) is 65.2 Å². The molecule has 2 aromatic rings. The number of hydrogen-bond donors (Lipinski definition) is 2. The molecule has 0 fully saturated rings. The molecule has 2 rings (SSSR count). The summed E-state index contributed by atoms with van der Waals surface area (Å²) >= 11 is 0. The summed E-state index contributed by atoms with van der Waals surface area (Å²) in [4.78, 5) is 10.7. The predicted molar refractivity (Wildman–Crippen MR) is 84.2 cm³/mol. The van der Waals surface area contributed by atoms with E-state index in [1.807, 2.05) is 36.4 Å². The number of ether oxygens (including phenoxy) is 1. The molecule has 2 N–H and O–H groups in total. The van der Waals surface area contributed by atoms with E-state index in [1.165, 1.54) is 5.56 Å². The van der Waals surface area contributed by atoms with Crippen molar-refractivity contribution in [2.24, 2.45) is 0 Å². The summed E-state index contributed by atoms with van der Waals surface area (Å²) in [5, 5.41) is 12.1. The maximum Gasteiger partial charge on any atom is 0.335 e. The molecule has 0 amide bonds. The average molecular weight is 308 g/mol. The second-order valence-electron chi connectivity index (χ2n) is 4.45. The van der Waals surface area contributed by atoms with Gasteiger partial charge in [-0.3, -0.25) is 0 Å². The van der Waals surface area contributed by atoms with Gasteiger partial charge in [-0.1, -0.05) is 24.3 Å². The van der Waals surface area contributed by atoms with E-state index in [9.17, 15) is 4.79 Å². The molecule has 0 unspecified atom stereocenters. The van der Waals surface area contributed by atoms with Crippen LogP contribution in [0, 0.1) is 0 Å². The summed E-state index contributed by atoms with van der Waals surface area (Å²) in [5.74, 6) is -0.0549. The third-order valence-electron chi connectivity index (χ3n) is 3.02. The van der Waals surface area contributed by atoms with E-state index in [-0.39, 0.29) is 12.4 Å². The van der Waals surface area contributed by atoms with Crippen LogP contribution in [0.1, 0.15) is 21.5 Å². The molecule has 0 spiro atoms. The van der Waals surface area contributed by atoms with Crippen LogP contribution in [0.5, 0.6) is 5.75 Å². The zero-order valence-corrected chi connectivity index (χ0v) is 12.5. The van der Waals surface area contributed by atoms with Gasteiger partial charge in [0.15, 0.2) is 0 Å². The molecule has 0 radical (unpaired) electrons. The molecule has 0 aromatic heterocycles. The van der Waals surface area contributed by atoms with Gasteiger partial charge in [0.25, 0.3) is 0 Å². The molecular weight excluding hydrogens is 290 g/mol. The summed E-state index contributed by atoms with van der Waals surface area (Å²) in [5.41, 5.74) is 2.54. The lowest BCUT2D eigenvalue weighted by molar-refractivity contribution is 0.0697. The Morgan fingerprint density at radius 3 is 1.90 bits per heavy atom. The van der Waals surface area contributed by atoms with Gasteiger partial charge >= 0.3 is 5.97 Å². The van der Waals surface area contributed by atoms with Crippen LogP contribution in [-0.4, -0.2) is 18.2 Å². The monoisotopic (exact) mass is 307 g/mol. The molecule has 5 heteroatoms. The van der Waals surface area contributed by atoms with Gasteiger partial charge < -0.3 is 15.2 Å². The molecule has 112 valence electrons. The Morgan fingerprint density at radius 1 is 1.00 bits per heavy atom. The number of carboxylic acids is 1. The fourth-order valence-electron chi connectivity index (χ4n) is 1.86. The van der Waals surface area contributed by atoms with E-state index < -0.39 is 5.97 Å². The van der Waals surface area contributed by atoms with Crippen LogP contribution in [0.25, 0.3) is 0 Å². The minimum atomic E-state index is -0.900. The standard InChI is InChI=1S/C16H17NO3.ClH/c1-20-15-8-4-13(5-9-15)11-17-10-12-2-6-14(7-3-12)16(18)19;/h2-9,17H,10-11H2,1H3,(H,18,19);1H. The van der Waals surface area contributed by atoms with E-state index in [2.05, 4.69) is 5.32 Å². The van der Waals surface area contributed by atoms with Gasteiger partial charge in [-0.25, -0.2) is 4.79 Å². The molecule has 4 nitrogen and oxygen atoms in total. The second-order valence-corrected chi connectivity index (χ2v) is 4.45. The van der Waals surface area contributed by atoms with Crippen LogP contribution < -0.4 is 10.1 Å². The summed E-state index contributed by atoms with van der Waals surface area (Å²) in [6.07, 6.45) is 0. The second kappa shape index (κ2) is 8.29. The number of benzene rings is 2. The van der Waals surface area contributed by atoms with Crippen LogP contribution >= 0.6 is 12.4 Å². The molecule has 0 saturated heterocycles. The Morgan fingerprint density at radius 2 is 1.48 bits per heavy atom. The third-order valence-corrected chi connectivity index (χ3v) is 3.02. The predicted octanol–water partition coefficient (Wildman–Crippen LogP) is 3.11. The van der Waals surface area contributed by atoms with Crippen molar-refractivity contribution in [2.45, 2.75) is 13.1 Å². The fourth-order valence-corrected chi connectivity index (χ4v) is 1.86. The molecule has 0 bridgehead atoms. The smallest absolute Gasteiger partial charge is 0.335 e. The van der Waals surface area contributed by atoms with Crippen molar-refractivity contribution in [3.63, 3.8) is 0 Å². The number of hydrogen-bond acceptors (Lipinski definition) is 3. The number of carboxylic acid groups (broad SMARTS) is 1. The van der Waals surface area contributed by atoms with E-state index in [0.717, 1.165) is 17.9 Å². The zero-order valence-electron chi connectivity index (χ0n) is 11.7. The van der Waals surface area contributed by atoms with Gasteiger partial charge in [0.1, 0.15) is 5.75 Å². The van der Waals surface area contributed by atoms with E-state index in [1.54, 1.807) is 19.2 Å². The highest BCUT2D eigenvalue weighted by atomic mass is 35.5. The van der Waals surface area contributed by atoms with Gasteiger partial charge in [-0.15, -0.1) is 12.4 Å². The Labute approximate surface area is 130 Å². The van der Waals surface area contributed by atoms with Crippen molar-refractivity contribution < 1.29 is 14.6 Å². The quantitative estimate of drug-likeness (QED) is 0.861. The minimum Gasteiger partial charge on any atom is -0.497 e. The van der Waals surface area contributed by atoms with Gasteiger partial charge in [0.05, 0.1) is 12.7 Å². The minimum absolute atomic E-state index is 0. The Kier molecular flexibility index (Phi) is 6.72. The van der Waals surface area contributed by atoms with Crippen LogP contribution in [0.2, 0.25) is 0 Å². The first kappa shape index (κ1) is 17.0. The topological polar surface area (TPSA) is 58.6 Å². The first-order valence-electron chi connectivity index (χ1n) is 6.35. The SMILES string of the molecule is COc1ccc(CNCc2ccc(C(=O)O)cc2)cc1.Cl. The highest BCUT2D eigenvalue weighted by Crippen LogP contribution is 2.11. The Balaban J connectivity index is 0.00000220. The van der Waals surface area contributed by atoms with E-state index in [0.29, 0.717) is 12.1 Å². The Hall–Kier alpha value is -2.04. The van der Waals surface area contributed by atoms with Gasteiger partial charge in [0, 0.05) is 13.1 Å². The van der Waals surface area contributed by atoms with Crippen LogP contribution in [0.3, 0.4) is 0 Å². The molecule has 0 aliphatic rings. The molecule has 2 aromatic carbocycles. The maximum atomic E-state index is 10.7. The van der Waals surface area contributed by atoms with E-state index >= 15 is 0 Å². The molecule has 0 atom stereocenters. The summed E-state index contributed by atoms with van der Waals surface area (Å²) in [6, 6.07) is 14.8. The largest absolute Gasteiger partial charge is 0.497 e. The third kappa shape index (κ3) is 5.10. The lowest BCUT2D eigenvalue weighted by Gasteiger charge is -2.06. The highest BCUT2D eigenvalue weighted by Gasteiger charge is 2.01. The molecule has 0 aliphatic carbocycles. The molecule has 0 heterocycles. The van der Waals surface area contributed by atoms with Crippen LogP contribution in [0.4, 0.5) is 0 Å². The first-order chi connectivity index (χ1) is 9.69. The highest BCUT2D eigenvalue weighted by molar-refractivity contribution is 5.87. The molecular formula is C16H18ClNO3. The van der Waals surface area contributed by atoms with E-state index in [4.69, 9.17) is 9.84 Å². The number of methoxy groups -OCH3 is 1. The normalized spacial score (nSPS) is 9.76. The van der Waals surface area contributed by atoms with Gasteiger partial charge in [-0.2, -0.15) is 0 Å². The Bertz CT molecular complexity index is 567. The van der Waals surface area contributed by atoms with Crippen molar-refractivity contribution in [1.29, 1.82) is 0 Å². The lowest BCUT2D eigenvalue weighted by atomic mass is 10.1. The van der Waals surface area contributed by atoms with Crippen LogP contribution in [0.15, 0.2) is 48.5 Å². The van der Waals surface area contributed by atoms with Crippen molar-refractivity contribution >= 4 is 18.4 Å². The number of nitrogens with one attached hydrogen (secondary N) is 1. The van der Waals surface area contributed by atoms with Crippen molar-refractivity contribution in [1.82, 2.24) is 5.32 Å². The average Bonchev–Trinajstić information content (AvgIpc) is 2.48. The van der Waals surface area contributed by atoms with Crippen molar-refractivity contribution in [3.8, 4) is 5.75 Å². The summed E-state index contributed by atoms with van der Waals surface area (Å²) < 4.78 is 5.11. The summed E-state index contributed by atoms with van der Waals surface area (Å²) in [6.45, 7) is 1.45. The molecule has 21 heavy (non-hydrogen) atoms. The first-order valence-corrected chi connectivity index (χ1v) is 6.35. The number of halogens is 1. The molecule has 0 aliphatic heterocycles. The van der Waals surface area contributed by atoms with Crippen LogP contribution in [-0.2, 0) is 13.1 Å².